The number of carbonyl (C=O) groups is 2. The summed E-state index contributed by atoms with van der Waals surface area (Å²) in [4.78, 5) is 29.3. The molecule has 2 amide bonds. The van der Waals surface area contributed by atoms with Crippen LogP contribution in [0.4, 0.5) is 10.5 Å². The number of rotatable bonds is 4. The lowest BCUT2D eigenvalue weighted by Crippen LogP contribution is -2.51. The van der Waals surface area contributed by atoms with Crippen molar-refractivity contribution < 1.29 is 19.1 Å². The highest BCUT2D eigenvalue weighted by molar-refractivity contribution is 7.12. The zero-order chi connectivity index (χ0) is 17.9. The fraction of sp³-hybridized carbons (Fsp3) is 0.333. The first-order chi connectivity index (χ1) is 12.7. The number of nitrogens with one attached hydrogen (secondary N) is 1. The highest BCUT2D eigenvalue weighted by Crippen LogP contribution is 2.34. The van der Waals surface area contributed by atoms with Gasteiger partial charge in [0, 0.05) is 37.9 Å². The molecule has 0 unspecified atom stereocenters. The van der Waals surface area contributed by atoms with Crippen LogP contribution in [0, 0.1) is 0 Å². The Morgan fingerprint density at radius 2 is 1.88 bits per heavy atom. The molecule has 2 aliphatic heterocycles. The van der Waals surface area contributed by atoms with Gasteiger partial charge in [0.1, 0.15) is 0 Å². The SMILES string of the molecule is O=C(CN1CCN(C(=O)Nc2ccc3c(c2)OCO3)CC1)c1cccs1. The Bertz CT molecular complexity index is 801. The molecule has 7 nitrogen and oxygen atoms in total. The van der Waals surface area contributed by atoms with Crippen molar-refractivity contribution in [2.24, 2.45) is 0 Å². The molecule has 1 aromatic heterocycles. The van der Waals surface area contributed by atoms with Crippen LogP contribution in [0.5, 0.6) is 11.5 Å². The Hall–Kier alpha value is -2.58. The summed E-state index contributed by atoms with van der Waals surface area (Å²) in [6.07, 6.45) is 0. The number of thiophene rings is 1. The first-order valence-corrected chi connectivity index (χ1v) is 9.32. The van der Waals surface area contributed by atoms with E-state index in [1.165, 1.54) is 11.3 Å². The third kappa shape index (κ3) is 3.66. The molecule has 0 aliphatic carbocycles. The minimum absolute atomic E-state index is 0.137. The number of hydrogen-bond donors (Lipinski definition) is 1. The minimum Gasteiger partial charge on any atom is -0.454 e. The van der Waals surface area contributed by atoms with E-state index in [4.69, 9.17) is 9.47 Å². The zero-order valence-corrected chi connectivity index (χ0v) is 15.0. The van der Waals surface area contributed by atoms with Crippen molar-refractivity contribution in [1.82, 2.24) is 9.80 Å². The van der Waals surface area contributed by atoms with Gasteiger partial charge in [0.25, 0.3) is 0 Å². The van der Waals surface area contributed by atoms with Crippen LogP contribution < -0.4 is 14.8 Å². The van der Waals surface area contributed by atoms with Crippen molar-refractivity contribution in [2.75, 3.05) is 44.8 Å². The predicted octanol–water partition coefficient (Wildman–Crippen LogP) is 2.51. The Balaban J connectivity index is 1.27. The molecule has 0 atom stereocenters. The van der Waals surface area contributed by atoms with Gasteiger partial charge < -0.3 is 19.7 Å². The molecular weight excluding hydrogens is 354 g/mol. The topological polar surface area (TPSA) is 71.1 Å². The normalized spacial score (nSPS) is 16.5. The molecule has 8 heteroatoms. The van der Waals surface area contributed by atoms with E-state index < -0.39 is 0 Å². The average molecular weight is 373 g/mol. The molecule has 0 bridgehead atoms. The number of amides is 2. The summed E-state index contributed by atoms with van der Waals surface area (Å²) < 4.78 is 10.6. The largest absolute Gasteiger partial charge is 0.454 e. The lowest BCUT2D eigenvalue weighted by Gasteiger charge is -2.34. The van der Waals surface area contributed by atoms with Crippen molar-refractivity contribution in [1.29, 1.82) is 0 Å². The van der Waals surface area contributed by atoms with Crippen molar-refractivity contribution in [2.45, 2.75) is 0 Å². The van der Waals surface area contributed by atoms with Crippen molar-refractivity contribution in [3.63, 3.8) is 0 Å². The van der Waals surface area contributed by atoms with E-state index in [1.807, 2.05) is 17.5 Å². The maximum absolute atomic E-state index is 12.4. The number of benzene rings is 1. The molecule has 1 fully saturated rings. The van der Waals surface area contributed by atoms with Gasteiger partial charge >= 0.3 is 6.03 Å². The van der Waals surface area contributed by atoms with Gasteiger partial charge in [-0.25, -0.2) is 4.79 Å². The zero-order valence-electron chi connectivity index (χ0n) is 14.1. The smallest absolute Gasteiger partial charge is 0.321 e. The molecule has 3 heterocycles. The van der Waals surface area contributed by atoms with Gasteiger partial charge in [-0.05, 0) is 23.6 Å². The third-order valence-electron chi connectivity index (χ3n) is 4.45. The van der Waals surface area contributed by atoms with Crippen LogP contribution >= 0.6 is 11.3 Å². The van der Waals surface area contributed by atoms with Crippen LogP contribution in [0.1, 0.15) is 9.67 Å². The average Bonchev–Trinajstić information content (AvgIpc) is 3.33. The lowest BCUT2D eigenvalue weighted by molar-refractivity contribution is 0.0887. The second kappa shape index (κ2) is 7.35. The van der Waals surface area contributed by atoms with Crippen molar-refractivity contribution in [3.05, 3.63) is 40.6 Å². The van der Waals surface area contributed by atoms with E-state index in [2.05, 4.69) is 10.2 Å². The fourth-order valence-corrected chi connectivity index (χ4v) is 3.66. The minimum atomic E-state index is -0.145. The maximum atomic E-state index is 12.4. The molecule has 0 spiro atoms. The van der Waals surface area contributed by atoms with Gasteiger partial charge in [-0.2, -0.15) is 0 Å². The molecule has 26 heavy (non-hydrogen) atoms. The summed E-state index contributed by atoms with van der Waals surface area (Å²) in [5.74, 6) is 1.46. The van der Waals surface area contributed by atoms with E-state index >= 15 is 0 Å². The molecular formula is C18H19N3O4S. The summed E-state index contributed by atoms with van der Waals surface area (Å²) in [5.41, 5.74) is 0.676. The summed E-state index contributed by atoms with van der Waals surface area (Å²) in [6.45, 7) is 3.16. The number of urea groups is 1. The fourth-order valence-electron chi connectivity index (χ4n) is 3.00. The van der Waals surface area contributed by atoms with Gasteiger partial charge in [0.15, 0.2) is 17.3 Å². The summed E-state index contributed by atoms with van der Waals surface area (Å²) in [7, 11) is 0. The molecule has 0 saturated carbocycles. The lowest BCUT2D eigenvalue weighted by atomic mass is 10.2. The van der Waals surface area contributed by atoms with E-state index in [0.717, 1.165) is 4.88 Å². The van der Waals surface area contributed by atoms with Gasteiger partial charge in [-0.1, -0.05) is 6.07 Å². The number of nitrogens with zero attached hydrogens (tertiary/aromatic N) is 2. The molecule has 4 rings (SSSR count). The third-order valence-corrected chi connectivity index (χ3v) is 5.36. The van der Waals surface area contributed by atoms with E-state index in [-0.39, 0.29) is 18.6 Å². The Labute approximate surface area is 155 Å². The van der Waals surface area contributed by atoms with Crippen LogP contribution in [0.15, 0.2) is 35.7 Å². The number of Topliss-reactive ketones (excluding diaryl/α,β-unsaturated/α-hetero) is 1. The van der Waals surface area contributed by atoms with Crippen LogP contribution in [0.2, 0.25) is 0 Å². The second-order valence-corrected chi connectivity index (χ2v) is 7.11. The summed E-state index contributed by atoms with van der Waals surface area (Å²) in [5, 5.41) is 4.80. The van der Waals surface area contributed by atoms with E-state index in [0.29, 0.717) is 49.9 Å². The van der Waals surface area contributed by atoms with Crippen LogP contribution in [0.3, 0.4) is 0 Å². The Morgan fingerprint density at radius 3 is 2.65 bits per heavy atom. The van der Waals surface area contributed by atoms with Gasteiger partial charge in [-0.3, -0.25) is 9.69 Å². The van der Waals surface area contributed by atoms with Crippen LogP contribution in [-0.2, 0) is 0 Å². The first kappa shape index (κ1) is 16.9. The maximum Gasteiger partial charge on any atom is 0.321 e. The van der Waals surface area contributed by atoms with Crippen LogP contribution in [0.25, 0.3) is 0 Å². The second-order valence-electron chi connectivity index (χ2n) is 6.16. The van der Waals surface area contributed by atoms with Crippen LogP contribution in [-0.4, -0.2) is 61.1 Å². The molecule has 1 saturated heterocycles. The van der Waals surface area contributed by atoms with Gasteiger partial charge in [-0.15, -0.1) is 11.3 Å². The van der Waals surface area contributed by atoms with E-state index in [9.17, 15) is 9.59 Å². The Morgan fingerprint density at radius 1 is 1.08 bits per heavy atom. The molecule has 1 N–H and O–H groups in total. The number of ether oxygens (including phenoxy) is 2. The quantitative estimate of drug-likeness (QED) is 0.834. The number of anilines is 1. The van der Waals surface area contributed by atoms with Crippen molar-refractivity contribution in [3.8, 4) is 11.5 Å². The van der Waals surface area contributed by atoms with Gasteiger partial charge in [0.05, 0.1) is 11.4 Å². The number of piperazine rings is 1. The number of fused-ring (bicyclic) bond motifs is 1. The molecule has 2 aliphatic rings. The number of hydrogen-bond acceptors (Lipinski definition) is 6. The van der Waals surface area contributed by atoms with Crippen molar-refractivity contribution >= 4 is 28.8 Å². The highest BCUT2D eigenvalue weighted by atomic mass is 32.1. The standard InChI is InChI=1S/C18H19N3O4S/c22-14(17-2-1-9-26-17)11-20-5-7-21(8-6-20)18(23)19-13-3-4-15-16(10-13)25-12-24-15/h1-4,9-10H,5-8,11-12H2,(H,19,23). The molecule has 136 valence electrons. The molecule has 1 aromatic carbocycles. The molecule has 0 radical (unpaired) electrons. The monoisotopic (exact) mass is 373 g/mol. The Kier molecular flexibility index (Phi) is 4.77. The predicted molar refractivity (Wildman–Crippen MR) is 98.2 cm³/mol. The number of ketones is 1. The summed E-state index contributed by atoms with van der Waals surface area (Å²) in [6, 6.07) is 8.93. The first-order valence-electron chi connectivity index (χ1n) is 8.44. The highest BCUT2D eigenvalue weighted by Gasteiger charge is 2.23. The van der Waals surface area contributed by atoms with E-state index in [1.54, 1.807) is 23.1 Å². The van der Waals surface area contributed by atoms with Gasteiger partial charge in [0.2, 0.25) is 6.79 Å². The number of carbonyl (C=O) groups excluding carboxylic acids is 2. The summed E-state index contributed by atoms with van der Waals surface area (Å²) >= 11 is 1.46. The molecule has 2 aromatic rings.